The number of hydrogen-bond donors (Lipinski definition) is 2. The summed E-state index contributed by atoms with van der Waals surface area (Å²) >= 11 is 0. The first-order valence-electron chi connectivity index (χ1n) is 5.19. The van der Waals surface area contributed by atoms with E-state index in [0.717, 1.165) is 0 Å². The predicted molar refractivity (Wildman–Crippen MR) is 63.1 cm³/mol. The maximum Gasteiger partial charge on any atom is 0.239 e. The number of amides is 1. The van der Waals surface area contributed by atoms with Crippen LogP contribution in [0.1, 0.15) is 26.3 Å². The molecule has 1 aromatic heterocycles. The van der Waals surface area contributed by atoms with Crippen molar-refractivity contribution >= 4 is 11.7 Å². The van der Waals surface area contributed by atoms with Crippen molar-refractivity contribution in [1.29, 1.82) is 5.26 Å². The van der Waals surface area contributed by atoms with Crippen molar-refractivity contribution in [1.82, 2.24) is 15.5 Å². The zero-order valence-corrected chi connectivity index (χ0v) is 10.1. The van der Waals surface area contributed by atoms with E-state index < -0.39 is 0 Å². The van der Waals surface area contributed by atoms with Gasteiger partial charge in [-0.3, -0.25) is 4.79 Å². The van der Waals surface area contributed by atoms with Gasteiger partial charge in [0.15, 0.2) is 5.82 Å². The normalized spacial score (nSPS) is 10.5. The number of nitriles is 1. The van der Waals surface area contributed by atoms with Crippen molar-refractivity contribution in [3.8, 4) is 6.07 Å². The Labute approximate surface area is 100 Å². The Bertz CT molecular complexity index is 444. The van der Waals surface area contributed by atoms with Crippen molar-refractivity contribution in [2.75, 3.05) is 11.9 Å². The fourth-order valence-corrected chi connectivity index (χ4v) is 1.18. The molecule has 0 fully saturated rings. The fourth-order valence-electron chi connectivity index (χ4n) is 1.18. The molecule has 6 heteroatoms. The highest BCUT2D eigenvalue weighted by Crippen LogP contribution is 2.07. The standard InChI is InChI=1S/C11H15N5O/c1-11(2,3)15-9(17)7-13-10-8(6-12)4-5-14-16-10/h4-5H,7H2,1-3H3,(H,13,16)(H,15,17). The lowest BCUT2D eigenvalue weighted by Gasteiger charge is -2.20. The van der Waals surface area contributed by atoms with Crippen LogP contribution in [0.25, 0.3) is 0 Å². The summed E-state index contributed by atoms with van der Waals surface area (Å²) in [5.74, 6) is 0.158. The summed E-state index contributed by atoms with van der Waals surface area (Å²) in [4.78, 5) is 11.5. The van der Waals surface area contributed by atoms with Gasteiger partial charge >= 0.3 is 0 Å². The van der Waals surface area contributed by atoms with Crippen LogP contribution in [0.4, 0.5) is 5.82 Å². The Morgan fingerprint density at radius 2 is 2.24 bits per heavy atom. The number of carbonyl (C=O) groups is 1. The molecule has 0 aliphatic carbocycles. The summed E-state index contributed by atoms with van der Waals surface area (Å²) in [6, 6.07) is 3.51. The number of carbonyl (C=O) groups excluding carboxylic acids is 1. The zero-order valence-electron chi connectivity index (χ0n) is 10.1. The number of nitrogens with one attached hydrogen (secondary N) is 2. The van der Waals surface area contributed by atoms with E-state index >= 15 is 0 Å². The second-order valence-corrected chi connectivity index (χ2v) is 4.56. The molecule has 2 N–H and O–H groups in total. The van der Waals surface area contributed by atoms with Crippen molar-refractivity contribution in [3.63, 3.8) is 0 Å². The average molecular weight is 233 g/mol. The quantitative estimate of drug-likeness (QED) is 0.801. The maximum atomic E-state index is 11.5. The third kappa shape index (κ3) is 4.47. The Morgan fingerprint density at radius 3 is 2.82 bits per heavy atom. The summed E-state index contributed by atoms with van der Waals surface area (Å²) in [5.41, 5.74) is 0.0858. The third-order valence-corrected chi connectivity index (χ3v) is 1.77. The molecule has 0 aliphatic rings. The highest BCUT2D eigenvalue weighted by atomic mass is 16.2. The van der Waals surface area contributed by atoms with Gasteiger partial charge in [0.1, 0.15) is 6.07 Å². The number of anilines is 1. The third-order valence-electron chi connectivity index (χ3n) is 1.77. The number of hydrogen-bond acceptors (Lipinski definition) is 5. The molecule has 0 bridgehead atoms. The van der Waals surface area contributed by atoms with Gasteiger partial charge in [0.25, 0.3) is 0 Å². The van der Waals surface area contributed by atoms with Crippen molar-refractivity contribution in [2.24, 2.45) is 0 Å². The van der Waals surface area contributed by atoms with Crippen LogP contribution in [-0.4, -0.2) is 28.2 Å². The van der Waals surface area contributed by atoms with E-state index in [1.54, 1.807) is 0 Å². The van der Waals surface area contributed by atoms with Gasteiger partial charge in [0.05, 0.1) is 18.3 Å². The summed E-state index contributed by atoms with van der Waals surface area (Å²) < 4.78 is 0. The SMILES string of the molecule is CC(C)(C)NC(=O)CNc1nnccc1C#N. The Hall–Kier alpha value is -2.16. The van der Waals surface area contributed by atoms with Crippen molar-refractivity contribution < 1.29 is 4.79 Å². The number of nitrogens with zero attached hydrogens (tertiary/aromatic N) is 3. The van der Waals surface area contributed by atoms with Gasteiger partial charge in [-0.15, -0.1) is 5.10 Å². The molecule has 1 aromatic rings. The lowest BCUT2D eigenvalue weighted by atomic mass is 10.1. The van der Waals surface area contributed by atoms with E-state index in [1.807, 2.05) is 26.8 Å². The van der Waals surface area contributed by atoms with Gasteiger partial charge in [-0.05, 0) is 26.8 Å². The second-order valence-electron chi connectivity index (χ2n) is 4.56. The summed E-state index contributed by atoms with van der Waals surface area (Å²) in [5, 5.41) is 21.8. The Balaban J connectivity index is 2.57. The van der Waals surface area contributed by atoms with Gasteiger partial charge in [0, 0.05) is 5.54 Å². The molecule has 0 atom stereocenters. The summed E-state index contributed by atoms with van der Waals surface area (Å²) in [6.07, 6.45) is 1.43. The lowest BCUT2D eigenvalue weighted by molar-refractivity contribution is -0.120. The maximum absolute atomic E-state index is 11.5. The second kappa shape index (κ2) is 5.25. The smallest absolute Gasteiger partial charge is 0.239 e. The average Bonchev–Trinajstić information content (AvgIpc) is 2.24. The number of rotatable bonds is 3. The monoisotopic (exact) mass is 233 g/mol. The molecular formula is C11H15N5O. The molecule has 17 heavy (non-hydrogen) atoms. The van der Waals surface area contributed by atoms with Crippen LogP contribution >= 0.6 is 0 Å². The van der Waals surface area contributed by atoms with Crippen LogP contribution in [0.3, 0.4) is 0 Å². The molecule has 6 nitrogen and oxygen atoms in total. The van der Waals surface area contributed by atoms with Crippen LogP contribution in [0.15, 0.2) is 12.3 Å². The van der Waals surface area contributed by atoms with E-state index in [-0.39, 0.29) is 18.0 Å². The molecular weight excluding hydrogens is 218 g/mol. The molecule has 1 heterocycles. The molecule has 0 radical (unpaired) electrons. The minimum Gasteiger partial charge on any atom is -0.358 e. The fraction of sp³-hybridized carbons (Fsp3) is 0.455. The van der Waals surface area contributed by atoms with Gasteiger partial charge in [-0.1, -0.05) is 0 Å². The van der Waals surface area contributed by atoms with Crippen LogP contribution in [0.2, 0.25) is 0 Å². The first kappa shape index (κ1) is 12.9. The van der Waals surface area contributed by atoms with E-state index in [4.69, 9.17) is 5.26 Å². The van der Waals surface area contributed by atoms with Crippen molar-refractivity contribution in [2.45, 2.75) is 26.3 Å². The van der Waals surface area contributed by atoms with Crippen LogP contribution in [0.5, 0.6) is 0 Å². The van der Waals surface area contributed by atoms with E-state index in [1.165, 1.54) is 12.3 Å². The van der Waals surface area contributed by atoms with Crippen LogP contribution in [-0.2, 0) is 4.79 Å². The minimum absolute atomic E-state index is 0.0602. The predicted octanol–water partition coefficient (Wildman–Crippen LogP) is 0.675. The Morgan fingerprint density at radius 1 is 1.53 bits per heavy atom. The molecule has 0 aromatic carbocycles. The van der Waals surface area contributed by atoms with Gasteiger partial charge in [0.2, 0.25) is 5.91 Å². The first-order chi connectivity index (χ1) is 7.92. The van der Waals surface area contributed by atoms with E-state index in [0.29, 0.717) is 11.4 Å². The van der Waals surface area contributed by atoms with Crippen LogP contribution in [0, 0.1) is 11.3 Å². The van der Waals surface area contributed by atoms with Gasteiger partial charge < -0.3 is 10.6 Å². The topological polar surface area (TPSA) is 90.7 Å². The summed E-state index contributed by atoms with van der Waals surface area (Å²) in [6.45, 7) is 5.75. The minimum atomic E-state index is -0.279. The van der Waals surface area contributed by atoms with Crippen molar-refractivity contribution in [3.05, 3.63) is 17.8 Å². The molecule has 0 spiro atoms. The van der Waals surface area contributed by atoms with E-state index in [2.05, 4.69) is 20.8 Å². The van der Waals surface area contributed by atoms with Gasteiger partial charge in [-0.25, -0.2) is 0 Å². The van der Waals surface area contributed by atoms with Crippen LogP contribution < -0.4 is 10.6 Å². The van der Waals surface area contributed by atoms with E-state index in [9.17, 15) is 4.79 Å². The molecule has 0 saturated carbocycles. The van der Waals surface area contributed by atoms with Gasteiger partial charge in [-0.2, -0.15) is 10.4 Å². The molecule has 0 unspecified atom stereocenters. The highest BCUT2D eigenvalue weighted by molar-refractivity contribution is 5.81. The number of aromatic nitrogens is 2. The lowest BCUT2D eigenvalue weighted by Crippen LogP contribution is -2.43. The molecule has 1 rings (SSSR count). The largest absolute Gasteiger partial charge is 0.358 e. The molecule has 90 valence electrons. The highest BCUT2D eigenvalue weighted by Gasteiger charge is 2.13. The summed E-state index contributed by atoms with van der Waals surface area (Å²) in [7, 11) is 0. The molecule has 1 amide bonds. The zero-order chi connectivity index (χ0) is 12.9. The molecule has 0 aliphatic heterocycles. The first-order valence-corrected chi connectivity index (χ1v) is 5.19. The molecule has 0 saturated heterocycles. The Kier molecular flexibility index (Phi) is 3.99.